The van der Waals surface area contributed by atoms with Crippen molar-refractivity contribution >= 4 is 39.2 Å². The van der Waals surface area contributed by atoms with Crippen LogP contribution in [0, 0.1) is 12.8 Å². The molecule has 0 unspecified atom stereocenters. The standard InChI is InChI=1S/C34H33N3O3S2/c1-21(2)27-18-26-28(19-40-27)42-32-30(26)33(39)37(25-16-10-11-22(3)17-25)34(36-32)41-20-29(38)35-31(23-12-6-4-7-13-23)24-14-8-5-9-15-24/h4-17,21,27,31H,18-20H2,1-3H3,(H,35,38)/t27-/m1/s1. The molecule has 8 heteroatoms. The van der Waals surface area contributed by atoms with Gasteiger partial charge in [-0.25, -0.2) is 4.98 Å². The fraction of sp³-hybridized carbons (Fsp3) is 0.265. The van der Waals surface area contributed by atoms with E-state index in [9.17, 15) is 9.59 Å². The average molecular weight is 596 g/mol. The largest absolute Gasteiger partial charge is 0.372 e. The van der Waals surface area contributed by atoms with Gasteiger partial charge in [-0.3, -0.25) is 14.2 Å². The minimum atomic E-state index is -0.284. The monoisotopic (exact) mass is 595 g/mol. The number of ether oxygens (including phenoxy) is 1. The van der Waals surface area contributed by atoms with Crippen LogP contribution in [0.15, 0.2) is 94.9 Å². The number of nitrogens with zero attached hydrogens (tertiary/aromatic N) is 2. The zero-order valence-electron chi connectivity index (χ0n) is 23.9. The van der Waals surface area contributed by atoms with E-state index in [2.05, 4.69) is 19.2 Å². The number of thioether (sulfide) groups is 1. The van der Waals surface area contributed by atoms with Gasteiger partial charge in [0.05, 0.1) is 35.6 Å². The molecule has 1 amide bonds. The summed E-state index contributed by atoms with van der Waals surface area (Å²) in [6, 6.07) is 27.5. The summed E-state index contributed by atoms with van der Waals surface area (Å²) in [6.45, 7) is 6.79. The van der Waals surface area contributed by atoms with Crippen LogP contribution in [0.5, 0.6) is 0 Å². The molecule has 0 saturated heterocycles. The van der Waals surface area contributed by atoms with Crippen molar-refractivity contribution in [2.24, 2.45) is 5.92 Å². The molecule has 214 valence electrons. The third-order valence-electron chi connectivity index (χ3n) is 7.62. The Labute approximate surface area is 253 Å². The van der Waals surface area contributed by atoms with E-state index >= 15 is 0 Å². The second-order valence-electron chi connectivity index (χ2n) is 11.0. The number of hydrogen-bond donors (Lipinski definition) is 1. The highest BCUT2D eigenvalue weighted by Crippen LogP contribution is 2.36. The molecule has 0 aliphatic carbocycles. The normalized spacial score (nSPS) is 14.8. The van der Waals surface area contributed by atoms with Gasteiger partial charge in [0, 0.05) is 11.3 Å². The Hall–Kier alpha value is -3.72. The van der Waals surface area contributed by atoms with Crippen LogP contribution in [0.25, 0.3) is 15.9 Å². The molecule has 3 aromatic carbocycles. The van der Waals surface area contributed by atoms with Crippen molar-refractivity contribution in [2.75, 3.05) is 5.75 Å². The molecule has 5 aromatic rings. The molecule has 1 aliphatic heterocycles. The molecule has 1 aliphatic rings. The number of rotatable bonds is 8. The maximum atomic E-state index is 14.2. The molecule has 1 N–H and O–H groups in total. The molecule has 0 saturated carbocycles. The molecular formula is C34H33N3O3S2. The van der Waals surface area contributed by atoms with Crippen LogP contribution in [0.4, 0.5) is 0 Å². The van der Waals surface area contributed by atoms with Crippen molar-refractivity contribution in [3.05, 3.63) is 122 Å². The van der Waals surface area contributed by atoms with Crippen LogP contribution in [-0.2, 0) is 22.6 Å². The number of aromatic nitrogens is 2. The van der Waals surface area contributed by atoms with E-state index in [0.29, 0.717) is 34.3 Å². The number of benzene rings is 3. The Bertz CT molecular complexity index is 1740. The third kappa shape index (κ3) is 5.79. The first-order valence-corrected chi connectivity index (χ1v) is 16.0. The Morgan fingerprint density at radius 3 is 2.38 bits per heavy atom. The van der Waals surface area contributed by atoms with Gasteiger partial charge in [-0.15, -0.1) is 11.3 Å². The second kappa shape index (κ2) is 12.3. The van der Waals surface area contributed by atoms with Crippen LogP contribution in [0.1, 0.15) is 47.0 Å². The van der Waals surface area contributed by atoms with Crippen molar-refractivity contribution in [1.29, 1.82) is 0 Å². The fourth-order valence-electron chi connectivity index (χ4n) is 5.41. The van der Waals surface area contributed by atoms with Crippen molar-refractivity contribution in [2.45, 2.75) is 51.1 Å². The summed E-state index contributed by atoms with van der Waals surface area (Å²) < 4.78 is 7.77. The lowest BCUT2D eigenvalue weighted by molar-refractivity contribution is -0.119. The smallest absolute Gasteiger partial charge is 0.267 e. The van der Waals surface area contributed by atoms with Crippen LogP contribution in [0.3, 0.4) is 0 Å². The summed E-state index contributed by atoms with van der Waals surface area (Å²) in [5.41, 5.74) is 4.76. The van der Waals surface area contributed by atoms with E-state index < -0.39 is 0 Å². The zero-order chi connectivity index (χ0) is 29.2. The van der Waals surface area contributed by atoms with Crippen LogP contribution in [0.2, 0.25) is 0 Å². The first-order valence-electron chi connectivity index (χ1n) is 14.2. The number of carbonyl (C=O) groups excluding carboxylic acids is 1. The third-order valence-corrected chi connectivity index (χ3v) is 9.66. The van der Waals surface area contributed by atoms with Crippen molar-refractivity contribution in [1.82, 2.24) is 14.9 Å². The van der Waals surface area contributed by atoms with Gasteiger partial charge in [-0.2, -0.15) is 0 Å². The molecule has 42 heavy (non-hydrogen) atoms. The number of fused-ring (bicyclic) bond motifs is 3. The number of aryl methyl sites for hydroxylation is 1. The lowest BCUT2D eigenvalue weighted by Crippen LogP contribution is -2.31. The number of amides is 1. The summed E-state index contributed by atoms with van der Waals surface area (Å²) in [6.07, 6.45) is 0.773. The van der Waals surface area contributed by atoms with Gasteiger partial charge in [0.25, 0.3) is 5.56 Å². The number of thiophene rings is 1. The molecular weight excluding hydrogens is 563 g/mol. The molecule has 0 spiro atoms. The van der Waals surface area contributed by atoms with Crippen LogP contribution < -0.4 is 10.9 Å². The summed E-state index contributed by atoms with van der Waals surface area (Å²) in [5.74, 6) is 0.328. The summed E-state index contributed by atoms with van der Waals surface area (Å²) >= 11 is 2.81. The minimum absolute atomic E-state index is 0.0713. The quantitative estimate of drug-likeness (QED) is 0.157. The van der Waals surface area contributed by atoms with Gasteiger partial charge in [0.2, 0.25) is 5.91 Å². The molecule has 3 heterocycles. The molecule has 2 aromatic heterocycles. The number of hydrogen-bond acceptors (Lipinski definition) is 6. The minimum Gasteiger partial charge on any atom is -0.372 e. The first-order chi connectivity index (χ1) is 20.4. The average Bonchev–Trinajstić information content (AvgIpc) is 3.37. The van der Waals surface area contributed by atoms with Crippen molar-refractivity contribution in [3.63, 3.8) is 0 Å². The van der Waals surface area contributed by atoms with Gasteiger partial charge >= 0.3 is 0 Å². The van der Waals surface area contributed by atoms with E-state index in [0.717, 1.165) is 32.8 Å². The molecule has 0 radical (unpaired) electrons. The SMILES string of the molecule is Cc1cccc(-n2c(SCC(=O)NC(c3ccccc3)c3ccccc3)nc3sc4c(c3c2=O)C[C@H](C(C)C)OC4)c1. The van der Waals surface area contributed by atoms with Gasteiger partial charge in [0.15, 0.2) is 5.16 Å². The van der Waals surface area contributed by atoms with E-state index in [1.165, 1.54) is 23.1 Å². The van der Waals surface area contributed by atoms with Gasteiger partial charge in [0.1, 0.15) is 4.83 Å². The first kappa shape index (κ1) is 28.4. The zero-order valence-corrected chi connectivity index (χ0v) is 25.5. The topological polar surface area (TPSA) is 73.2 Å². The maximum absolute atomic E-state index is 14.2. The number of carbonyl (C=O) groups is 1. The van der Waals surface area contributed by atoms with Crippen molar-refractivity contribution < 1.29 is 9.53 Å². The summed E-state index contributed by atoms with van der Waals surface area (Å²) in [7, 11) is 0. The van der Waals surface area contributed by atoms with Gasteiger partial charge < -0.3 is 10.1 Å². The van der Waals surface area contributed by atoms with Gasteiger partial charge in [-0.05, 0) is 47.2 Å². The van der Waals surface area contributed by atoms with Crippen molar-refractivity contribution in [3.8, 4) is 5.69 Å². The lowest BCUT2D eigenvalue weighted by atomic mass is 9.96. The molecule has 1 atom stereocenters. The van der Waals surface area contributed by atoms with Crippen LogP contribution >= 0.6 is 23.1 Å². The van der Waals surface area contributed by atoms with Gasteiger partial charge in [-0.1, -0.05) is 98.4 Å². The summed E-state index contributed by atoms with van der Waals surface area (Å²) in [4.78, 5) is 34.4. The highest BCUT2D eigenvalue weighted by molar-refractivity contribution is 7.99. The Morgan fingerprint density at radius 2 is 1.74 bits per heavy atom. The Morgan fingerprint density at radius 1 is 1.05 bits per heavy atom. The predicted octanol–water partition coefficient (Wildman–Crippen LogP) is 6.85. The van der Waals surface area contributed by atoms with E-state index in [-0.39, 0.29) is 29.4 Å². The maximum Gasteiger partial charge on any atom is 0.267 e. The van der Waals surface area contributed by atoms with E-state index in [1.54, 1.807) is 4.57 Å². The number of nitrogens with one attached hydrogen (secondary N) is 1. The summed E-state index contributed by atoms with van der Waals surface area (Å²) in [5, 5.41) is 4.38. The lowest BCUT2D eigenvalue weighted by Gasteiger charge is -2.26. The molecule has 6 rings (SSSR count). The Balaban J connectivity index is 1.35. The predicted molar refractivity (Wildman–Crippen MR) is 171 cm³/mol. The fourth-order valence-corrected chi connectivity index (χ4v) is 7.40. The second-order valence-corrected chi connectivity index (χ2v) is 13.0. The van der Waals surface area contributed by atoms with E-state index in [1.807, 2.05) is 91.9 Å². The highest BCUT2D eigenvalue weighted by atomic mass is 32.2. The highest BCUT2D eigenvalue weighted by Gasteiger charge is 2.29. The van der Waals surface area contributed by atoms with Crippen LogP contribution in [-0.4, -0.2) is 27.3 Å². The van der Waals surface area contributed by atoms with E-state index in [4.69, 9.17) is 9.72 Å². The molecule has 6 nitrogen and oxygen atoms in total. The Kier molecular flexibility index (Phi) is 8.29. The molecule has 0 fully saturated rings. The molecule has 0 bridgehead atoms.